The molecule has 5 N–H and O–H groups in total. The van der Waals surface area contributed by atoms with Crippen molar-refractivity contribution in [3.05, 3.63) is 16.3 Å². The molecule has 0 bridgehead atoms. The monoisotopic (exact) mass is 236 g/mol. The van der Waals surface area contributed by atoms with Gasteiger partial charge in [0.25, 0.3) is 0 Å². The van der Waals surface area contributed by atoms with Crippen molar-refractivity contribution in [1.29, 1.82) is 0 Å². The van der Waals surface area contributed by atoms with E-state index in [1.807, 2.05) is 0 Å². The summed E-state index contributed by atoms with van der Waals surface area (Å²) in [5.74, 6) is 0.865. The number of hydrogen-bond donors (Lipinski definition) is 3. The first kappa shape index (κ1) is 11.6. The van der Waals surface area contributed by atoms with Gasteiger partial charge in [-0.3, -0.25) is 4.57 Å². The number of imidazole rings is 1. The summed E-state index contributed by atoms with van der Waals surface area (Å²) in [6.45, 7) is 2.96. The van der Waals surface area contributed by atoms with Crippen molar-refractivity contribution >= 4 is 17.0 Å². The highest BCUT2D eigenvalue weighted by Gasteiger charge is 2.11. The number of aryl methyl sites for hydroxylation is 2. The van der Waals surface area contributed by atoms with E-state index in [9.17, 15) is 4.79 Å². The van der Waals surface area contributed by atoms with Crippen LogP contribution in [0.1, 0.15) is 18.7 Å². The highest BCUT2D eigenvalue weighted by atomic mass is 16.1. The van der Waals surface area contributed by atoms with E-state index in [-0.39, 0.29) is 5.69 Å². The number of rotatable bonds is 4. The molecule has 17 heavy (non-hydrogen) atoms. The van der Waals surface area contributed by atoms with E-state index in [2.05, 4.69) is 15.0 Å². The molecule has 7 heteroatoms. The van der Waals surface area contributed by atoms with Crippen LogP contribution in [0.3, 0.4) is 0 Å². The number of nitrogens with zero attached hydrogens (tertiary/aromatic N) is 3. The molecule has 0 saturated heterocycles. The van der Waals surface area contributed by atoms with Gasteiger partial charge in [0.05, 0.1) is 0 Å². The number of aromatic nitrogens is 4. The van der Waals surface area contributed by atoms with Crippen molar-refractivity contribution in [2.24, 2.45) is 5.73 Å². The van der Waals surface area contributed by atoms with E-state index >= 15 is 0 Å². The minimum absolute atomic E-state index is 0.205. The van der Waals surface area contributed by atoms with Gasteiger partial charge in [-0.05, 0) is 26.3 Å². The lowest BCUT2D eigenvalue weighted by molar-refractivity contribution is 0.609. The number of hydrogen-bond acceptors (Lipinski definition) is 5. The Balaban J connectivity index is 2.47. The number of aromatic amines is 1. The summed E-state index contributed by atoms with van der Waals surface area (Å²) >= 11 is 0. The van der Waals surface area contributed by atoms with Gasteiger partial charge < -0.3 is 16.5 Å². The molecular formula is C10H16N6O. The van der Waals surface area contributed by atoms with Crippen molar-refractivity contribution in [2.45, 2.75) is 26.3 Å². The van der Waals surface area contributed by atoms with Gasteiger partial charge in [0, 0.05) is 6.54 Å². The summed E-state index contributed by atoms with van der Waals surface area (Å²) in [5, 5.41) is 0. The van der Waals surface area contributed by atoms with Crippen LogP contribution in [-0.2, 0) is 6.54 Å². The van der Waals surface area contributed by atoms with E-state index in [1.54, 1.807) is 11.5 Å². The Morgan fingerprint density at radius 1 is 1.35 bits per heavy atom. The molecule has 0 aromatic carbocycles. The molecule has 92 valence electrons. The lowest BCUT2D eigenvalue weighted by Crippen LogP contribution is -2.17. The van der Waals surface area contributed by atoms with Gasteiger partial charge >= 0.3 is 5.69 Å². The molecular weight excluding hydrogens is 220 g/mol. The molecule has 2 rings (SSSR count). The summed E-state index contributed by atoms with van der Waals surface area (Å²) in [6.07, 6.45) is 1.71. The molecule has 0 saturated carbocycles. The normalized spacial score (nSPS) is 11.2. The van der Waals surface area contributed by atoms with E-state index in [1.165, 1.54) is 0 Å². The molecule has 0 aliphatic rings. The van der Waals surface area contributed by atoms with Crippen LogP contribution in [0.4, 0.5) is 5.82 Å². The summed E-state index contributed by atoms with van der Waals surface area (Å²) in [6, 6.07) is 0. The van der Waals surface area contributed by atoms with Crippen LogP contribution in [-0.4, -0.2) is 26.1 Å². The van der Waals surface area contributed by atoms with Crippen molar-refractivity contribution in [2.75, 3.05) is 12.3 Å². The zero-order chi connectivity index (χ0) is 12.4. The second kappa shape index (κ2) is 4.54. The number of nitrogens with one attached hydrogen (secondary N) is 1. The molecule has 0 spiro atoms. The highest BCUT2D eigenvalue weighted by Crippen LogP contribution is 2.13. The fraction of sp³-hybridized carbons (Fsp3) is 0.500. The van der Waals surface area contributed by atoms with Gasteiger partial charge in [-0.1, -0.05) is 0 Å². The molecule has 2 aromatic heterocycles. The van der Waals surface area contributed by atoms with Crippen LogP contribution >= 0.6 is 0 Å². The molecule has 0 atom stereocenters. The first-order valence-corrected chi connectivity index (χ1v) is 5.56. The molecule has 0 fully saturated rings. The predicted molar refractivity (Wildman–Crippen MR) is 65.6 cm³/mol. The third kappa shape index (κ3) is 2.14. The standard InChI is InChI=1S/C10H16N6O/c1-6-13-8(12)7-9(14-6)16(10(17)15-7)5-3-2-4-11/h2-5,11H2,1H3,(H,15,17)(H2,12,13,14). The summed E-state index contributed by atoms with van der Waals surface area (Å²) in [5.41, 5.74) is 12.0. The number of nitrogens with two attached hydrogens (primary N) is 2. The topological polar surface area (TPSA) is 116 Å². The first-order valence-electron chi connectivity index (χ1n) is 5.56. The van der Waals surface area contributed by atoms with Crippen LogP contribution in [0.2, 0.25) is 0 Å². The van der Waals surface area contributed by atoms with Crippen molar-refractivity contribution in [3.8, 4) is 0 Å². The largest absolute Gasteiger partial charge is 0.382 e. The van der Waals surface area contributed by atoms with Gasteiger partial charge in [0.15, 0.2) is 11.5 Å². The Morgan fingerprint density at radius 3 is 2.82 bits per heavy atom. The number of nitrogen functional groups attached to an aromatic ring is 1. The zero-order valence-corrected chi connectivity index (χ0v) is 9.73. The SMILES string of the molecule is Cc1nc(N)c2[nH]c(=O)n(CCCCN)c2n1. The van der Waals surface area contributed by atoms with Crippen molar-refractivity contribution in [1.82, 2.24) is 19.5 Å². The van der Waals surface area contributed by atoms with E-state index in [0.29, 0.717) is 35.9 Å². The van der Waals surface area contributed by atoms with E-state index in [0.717, 1.165) is 12.8 Å². The maximum absolute atomic E-state index is 11.7. The number of anilines is 1. The third-order valence-electron chi connectivity index (χ3n) is 2.60. The lowest BCUT2D eigenvalue weighted by atomic mass is 10.3. The van der Waals surface area contributed by atoms with Gasteiger partial charge in [-0.2, -0.15) is 0 Å². The molecule has 0 aliphatic carbocycles. The van der Waals surface area contributed by atoms with Crippen LogP contribution < -0.4 is 17.2 Å². The van der Waals surface area contributed by atoms with Gasteiger partial charge in [-0.25, -0.2) is 14.8 Å². The van der Waals surface area contributed by atoms with Gasteiger partial charge in [0.2, 0.25) is 0 Å². The number of H-pyrrole nitrogens is 1. The maximum atomic E-state index is 11.7. The highest BCUT2D eigenvalue weighted by molar-refractivity contribution is 5.81. The smallest absolute Gasteiger partial charge is 0.327 e. The van der Waals surface area contributed by atoms with Crippen LogP contribution in [0.25, 0.3) is 11.2 Å². The third-order valence-corrected chi connectivity index (χ3v) is 2.60. The Bertz CT molecular complexity index is 584. The summed E-state index contributed by atoms with van der Waals surface area (Å²) in [4.78, 5) is 22.7. The Morgan fingerprint density at radius 2 is 2.12 bits per heavy atom. The molecule has 2 aromatic rings. The molecule has 0 aliphatic heterocycles. The average Bonchev–Trinajstić information content (AvgIpc) is 2.57. The van der Waals surface area contributed by atoms with Crippen molar-refractivity contribution < 1.29 is 0 Å². The molecule has 0 unspecified atom stereocenters. The van der Waals surface area contributed by atoms with Crippen LogP contribution in [0.5, 0.6) is 0 Å². The molecule has 2 heterocycles. The Labute approximate surface area is 97.9 Å². The average molecular weight is 236 g/mol. The number of fused-ring (bicyclic) bond motifs is 1. The Hall–Kier alpha value is -1.89. The van der Waals surface area contributed by atoms with Crippen molar-refractivity contribution in [3.63, 3.8) is 0 Å². The summed E-state index contributed by atoms with van der Waals surface area (Å²) < 4.78 is 1.58. The van der Waals surface area contributed by atoms with Gasteiger partial charge in [0.1, 0.15) is 11.3 Å². The first-order chi connectivity index (χ1) is 8.13. The minimum Gasteiger partial charge on any atom is -0.382 e. The van der Waals surface area contributed by atoms with Crippen LogP contribution in [0, 0.1) is 6.92 Å². The fourth-order valence-corrected chi connectivity index (χ4v) is 1.79. The summed E-state index contributed by atoms with van der Waals surface area (Å²) in [7, 11) is 0. The molecule has 0 radical (unpaired) electrons. The Kier molecular flexibility index (Phi) is 3.10. The molecule has 7 nitrogen and oxygen atoms in total. The second-order valence-electron chi connectivity index (χ2n) is 3.93. The quantitative estimate of drug-likeness (QED) is 0.633. The lowest BCUT2D eigenvalue weighted by Gasteiger charge is -2.02. The van der Waals surface area contributed by atoms with Gasteiger partial charge in [-0.15, -0.1) is 0 Å². The van der Waals surface area contributed by atoms with E-state index < -0.39 is 0 Å². The second-order valence-corrected chi connectivity index (χ2v) is 3.93. The fourth-order valence-electron chi connectivity index (χ4n) is 1.79. The minimum atomic E-state index is -0.205. The predicted octanol–water partition coefficient (Wildman–Crippen LogP) is -0.251. The molecule has 0 amide bonds. The zero-order valence-electron chi connectivity index (χ0n) is 9.73. The number of unbranched alkanes of at least 4 members (excludes halogenated alkanes) is 1. The van der Waals surface area contributed by atoms with E-state index in [4.69, 9.17) is 11.5 Å². The van der Waals surface area contributed by atoms with Crippen LogP contribution in [0.15, 0.2) is 4.79 Å². The maximum Gasteiger partial charge on any atom is 0.327 e.